The summed E-state index contributed by atoms with van der Waals surface area (Å²) < 4.78 is 29.8. The molecule has 1 aromatic carbocycles. The number of nitrogens with zero attached hydrogens (tertiary/aromatic N) is 2. The van der Waals surface area contributed by atoms with Gasteiger partial charge in [-0.05, 0) is 29.8 Å². The van der Waals surface area contributed by atoms with Crippen molar-refractivity contribution in [2.24, 2.45) is 0 Å². The highest BCUT2D eigenvalue weighted by molar-refractivity contribution is 7.88. The average Bonchev–Trinajstić information content (AvgIpc) is 3.13. The summed E-state index contributed by atoms with van der Waals surface area (Å²) in [7, 11) is -3.10. The van der Waals surface area contributed by atoms with E-state index in [-0.39, 0.29) is 5.91 Å². The van der Waals surface area contributed by atoms with Crippen LogP contribution >= 0.6 is 0 Å². The molecule has 1 saturated heterocycles. The van der Waals surface area contributed by atoms with Crippen LogP contribution in [0, 0.1) is 0 Å². The van der Waals surface area contributed by atoms with Gasteiger partial charge in [0.1, 0.15) is 5.76 Å². The molecule has 3 rings (SSSR count). The molecular weight excluding hydrogens is 354 g/mol. The molecule has 0 bridgehead atoms. The Morgan fingerprint density at radius 2 is 1.81 bits per heavy atom. The Bertz CT molecular complexity index is 824. The van der Waals surface area contributed by atoms with Gasteiger partial charge in [0.2, 0.25) is 10.0 Å². The summed E-state index contributed by atoms with van der Waals surface area (Å²) in [6, 6.07) is 11.1. The molecule has 8 heteroatoms. The van der Waals surface area contributed by atoms with Crippen LogP contribution in [0.15, 0.2) is 47.1 Å². The predicted molar refractivity (Wildman–Crippen MR) is 98.0 cm³/mol. The summed E-state index contributed by atoms with van der Waals surface area (Å²) in [6.45, 7) is 3.55. The Morgan fingerprint density at radius 3 is 2.38 bits per heavy atom. The molecule has 140 valence electrons. The SMILES string of the molecule is CS(=O)(=O)N1CCN(Cc2ccc(C(=O)NCc3ccco3)cc2)CC1. The van der Waals surface area contributed by atoms with Crippen molar-refractivity contribution in [1.82, 2.24) is 14.5 Å². The number of hydrogen-bond donors (Lipinski definition) is 1. The van der Waals surface area contributed by atoms with E-state index in [2.05, 4.69) is 10.2 Å². The fourth-order valence-electron chi connectivity index (χ4n) is 2.92. The van der Waals surface area contributed by atoms with Crippen molar-refractivity contribution in [2.75, 3.05) is 32.4 Å². The van der Waals surface area contributed by atoms with Gasteiger partial charge >= 0.3 is 0 Å². The Hall–Kier alpha value is -2.16. The zero-order valence-electron chi connectivity index (χ0n) is 14.7. The van der Waals surface area contributed by atoms with Crippen LogP contribution in [-0.4, -0.2) is 56.0 Å². The van der Waals surface area contributed by atoms with Gasteiger partial charge in [0.25, 0.3) is 5.91 Å². The van der Waals surface area contributed by atoms with Gasteiger partial charge in [-0.1, -0.05) is 12.1 Å². The molecule has 26 heavy (non-hydrogen) atoms. The van der Waals surface area contributed by atoms with Gasteiger partial charge in [0.05, 0.1) is 19.1 Å². The Labute approximate surface area is 153 Å². The maximum absolute atomic E-state index is 12.1. The van der Waals surface area contributed by atoms with Crippen molar-refractivity contribution in [2.45, 2.75) is 13.1 Å². The summed E-state index contributed by atoms with van der Waals surface area (Å²) in [4.78, 5) is 14.4. The van der Waals surface area contributed by atoms with E-state index in [1.807, 2.05) is 18.2 Å². The van der Waals surface area contributed by atoms with Gasteiger partial charge in [0.15, 0.2) is 0 Å². The second kappa shape index (κ2) is 8.03. The lowest BCUT2D eigenvalue weighted by molar-refractivity contribution is 0.0948. The molecule has 1 aliphatic rings. The lowest BCUT2D eigenvalue weighted by Crippen LogP contribution is -2.47. The van der Waals surface area contributed by atoms with Gasteiger partial charge in [-0.25, -0.2) is 8.42 Å². The number of hydrogen-bond acceptors (Lipinski definition) is 5. The first-order valence-electron chi connectivity index (χ1n) is 8.49. The quantitative estimate of drug-likeness (QED) is 0.820. The van der Waals surface area contributed by atoms with Gasteiger partial charge in [-0.15, -0.1) is 0 Å². The Balaban J connectivity index is 1.49. The van der Waals surface area contributed by atoms with E-state index in [1.54, 1.807) is 24.5 Å². The molecule has 0 unspecified atom stereocenters. The minimum Gasteiger partial charge on any atom is -0.467 e. The highest BCUT2D eigenvalue weighted by Gasteiger charge is 2.23. The van der Waals surface area contributed by atoms with Crippen LogP contribution in [0.2, 0.25) is 0 Å². The largest absolute Gasteiger partial charge is 0.467 e. The van der Waals surface area contributed by atoms with Gasteiger partial charge in [0, 0.05) is 38.3 Å². The van der Waals surface area contributed by atoms with E-state index < -0.39 is 10.0 Å². The average molecular weight is 377 g/mol. The molecule has 0 spiro atoms. The zero-order chi connectivity index (χ0) is 18.6. The van der Waals surface area contributed by atoms with Crippen LogP contribution in [0.1, 0.15) is 21.7 Å². The third-order valence-electron chi connectivity index (χ3n) is 4.43. The topological polar surface area (TPSA) is 82.9 Å². The number of sulfonamides is 1. The molecule has 1 aromatic heterocycles. The molecule has 2 aromatic rings. The molecule has 7 nitrogen and oxygen atoms in total. The minimum absolute atomic E-state index is 0.144. The zero-order valence-corrected chi connectivity index (χ0v) is 15.5. The molecule has 0 radical (unpaired) electrons. The van der Waals surface area contributed by atoms with Crippen LogP contribution in [0.5, 0.6) is 0 Å². The number of amides is 1. The number of carbonyl (C=O) groups excluding carboxylic acids is 1. The standard InChI is InChI=1S/C18H23N3O4S/c1-26(23,24)21-10-8-20(9-11-21)14-15-4-6-16(7-5-15)18(22)19-13-17-3-2-12-25-17/h2-7,12H,8-11,13-14H2,1H3,(H,19,22). The first kappa shape index (κ1) is 18.6. The fourth-order valence-corrected chi connectivity index (χ4v) is 3.75. The second-order valence-corrected chi connectivity index (χ2v) is 8.38. The van der Waals surface area contributed by atoms with Crippen molar-refractivity contribution in [3.63, 3.8) is 0 Å². The molecule has 1 fully saturated rings. The molecular formula is C18H23N3O4S. The highest BCUT2D eigenvalue weighted by Crippen LogP contribution is 2.12. The maximum atomic E-state index is 12.1. The van der Waals surface area contributed by atoms with E-state index in [4.69, 9.17) is 4.42 Å². The summed E-state index contributed by atoms with van der Waals surface area (Å²) in [6.07, 6.45) is 2.82. The Kier molecular flexibility index (Phi) is 5.75. The van der Waals surface area contributed by atoms with E-state index in [1.165, 1.54) is 10.6 Å². The van der Waals surface area contributed by atoms with Crippen LogP contribution in [0.25, 0.3) is 0 Å². The molecule has 1 N–H and O–H groups in total. The van der Waals surface area contributed by atoms with Crippen molar-refractivity contribution in [1.29, 1.82) is 0 Å². The van der Waals surface area contributed by atoms with Crippen LogP contribution in [-0.2, 0) is 23.1 Å². The van der Waals surface area contributed by atoms with Gasteiger partial charge < -0.3 is 9.73 Å². The number of carbonyl (C=O) groups is 1. The van der Waals surface area contributed by atoms with Gasteiger partial charge in [-0.3, -0.25) is 9.69 Å². The van der Waals surface area contributed by atoms with Crippen molar-refractivity contribution >= 4 is 15.9 Å². The molecule has 0 saturated carbocycles. The smallest absolute Gasteiger partial charge is 0.251 e. The van der Waals surface area contributed by atoms with Crippen molar-refractivity contribution in [3.05, 3.63) is 59.5 Å². The van der Waals surface area contributed by atoms with E-state index in [9.17, 15) is 13.2 Å². The van der Waals surface area contributed by atoms with E-state index >= 15 is 0 Å². The van der Waals surface area contributed by atoms with Crippen LogP contribution in [0.4, 0.5) is 0 Å². The lowest BCUT2D eigenvalue weighted by Gasteiger charge is -2.33. The fraction of sp³-hybridized carbons (Fsp3) is 0.389. The lowest BCUT2D eigenvalue weighted by atomic mass is 10.1. The molecule has 0 aliphatic carbocycles. The Morgan fingerprint density at radius 1 is 1.12 bits per heavy atom. The molecule has 1 amide bonds. The van der Waals surface area contributed by atoms with Crippen molar-refractivity contribution < 1.29 is 17.6 Å². The summed E-state index contributed by atoms with van der Waals surface area (Å²) in [5.41, 5.74) is 1.70. The number of rotatable bonds is 6. The molecule has 0 atom stereocenters. The second-order valence-electron chi connectivity index (χ2n) is 6.40. The first-order valence-corrected chi connectivity index (χ1v) is 10.3. The normalized spacial score (nSPS) is 16.5. The minimum atomic E-state index is -3.10. The van der Waals surface area contributed by atoms with Gasteiger partial charge in [-0.2, -0.15) is 4.31 Å². The third kappa shape index (κ3) is 4.94. The monoisotopic (exact) mass is 377 g/mol. The molecule has 2 heterocycles. The van der Waals surface area contributed by atoms with Crippen molar-refractivity contribution in [3.8, 4) is 0 Å². The highest BCUT2D eigenvalue weighted by atomic mass is 32.2. The van der Waals surface area contributed by atoms with E-state index in [0.717, 1.165) is 12.1 Å². The first-order chi connectivity index (χ1) is 12.4. The predicted octanol–water partition coefficient (Wildman–Crippen LogP) is 1.29. The summed E-state index contributed by atoms with van der Waals surface area (Å²) >= 11 is 0. The summed E-state index contributed by atoms with van der Waals surface area (Å²) in [5.74, 6) is 0.568. The summed E-state index contributed by atoms with van der Waals surface area (Å²) in [5, 5.41) is 2.82. The number of benzene rings is 1. The third-order valence-corrected chi connectivity index (χ3v) is 5.73. The number of furan rings is 1. The number of piperazine rings is 1. The van der Waals surface area contributed by atoms with Crippen LogP contribution in [0.3, 0.4) is 0 Å². The van der Waals surface area contributed by atoms with Crippen LogP contribution < -0.4 is 5.32 Å². The molecule has 1 aliphatic heterocycles. The number of nitrogens with one attached hydrogen (secondary N) is 1. The van der Waals surface area contributed by atoms with E-state index in [0.29, 0.717) is 44.0 Å². The maximum Gasteiger partial charge on any atom is 0.251 e.